The van der Waals surface area contributed by atoms with Gasteiger partial charge in [0.15, 0.2) is 0 Å². The number of nitrogens with one attached hydrogen (secondary N) is 1. The van der Waals surface area contributed by atoms with Gasteiger partial charge in [-0.3, -0.25) is 9.36 Å². The van der Waals surface area contributed by atoms with E-state index >= 15 is 0 Å². The summed E-state index contributed by atoms with van der Waals surface area (Å²) in [5, 5.41) is 6.15. The molecule has 8 nitrogen and oxygen atoms in total. The molecule has 0 spiro atoms. The molecule has 0 aliphatic heterocycles. The first-order valence-corrected chi connectivity index (χ1v) is 4.75. The van der Waals surface area contributed by atoms with Crippen LogP contribution < -0.4 is 11.2 Å². The van der Waals surface area contributed by atoms with E-state index in [0.717, 1.165) is 4.57 Å². The number of hydrogen-bond acceptors (Lipinski definition) is 5. The molecule has 2 heterocycles. The predicted octanol–water partition coefficient (Wildman–Crippen LogP) is -1.05. The van der Waals surface area contributed by atoms with Crippen molar-refractivity contribution in [1.82, 2.24) is 24.3 Å². The van der Waals surface area contributed by atoms with E-state index in [1.165, 1.54) is 30.4 Å². The molecule has 1 N–H and O–H groups in total. The van der Waals surface area contributed by atoms with Crippen LogP contribution in [0.5, 0.6) is 0 Å². The Morgan fingerprint density at radius 3 is 2.82 bits per heavy atom. The van der Waals surface area contributed by atoms with Crippen LogP contribution >= 0.6 is 0 Å². The molecule has 88 valence electrons. The predicted molar refractivity (Wildman–Crippen MR) is 60.6 cm³/mol. The molecular weight excluding hydrogens is 224 g/mol. The van der Waals surface area contributed by atoms with Crippen LogP contribution in [0.25, 0.3) is 0 Å². The molecular formula is C9H10N6O2. The van der Waals surface area contributed by atoms with Gasteiger partial charge in [-0.25, -0.2) is 14.9 Å². The lowest BCUT2D eigenvalue weighted by atomic mass is 10.3. The lowest BCUT2D eigenvalue weighted by Gasteiger charge is -2.02. The van der Waals surface area contributed by atoms with E-state index in [1.807, 2.05) is 0 Å². The van der Waals surface area contributed by atoms with Crippen LogP contribution in [-0.4, -0.2) is 30.5 Å². The summed E-state index contributed by atoms with van der Waals surface area (Å²) in [7, 11) is 2.98. The van der Waals surface area contributed by atoms with Crippen molar-refractivity contribution in [2.45, 2.75) is 0 Å². The lowest BCUT2D eigenvalue weighted by molar-refractivity contribution is 0.684. The van der Waals surface area contributed by atoms with Crippen molar-refractivity contribution in [3.05, 3.63) is 38.9 Å². The molecule has 8 heteroatoms. The number of aromatic nitrogens is 5. The highest BCUT2D eigenvalue weighted by Gasteiger charge is 2.04. The third-order valence-electron chi connectivity index (χ3n) is 2.20. The Morgan fingerprint density at radius 2 is 2.18 bits per heavy atom. The van der Waals surface area contributed by atoms with E-state index in [9.17, 15) is 9.59 Å². The van der Waals surface area contributed by atoms with Crippen LogP contribution in [0.15, 0.2) is 27.1 Å². The maximum absolute atomic E-state index is 11.7. The fourth-order valence-corrected chi connectivity index (χ4v) is 1.32. The average molecular weight is 234 g/mol. The topological polar surface area (TPSA) is 97.9 Å². The minimum absolute atomic E-state index is 0.293. The molecule has 2 aromatic heterocycles. The molecule has 17 heavy (non-hydrogen) atoms. The molecule has 0 fully saturated rings. The lowest BCUT2D eigenvalue weighted by Crippen LogP contribution is -2.38. The summed E-state index contributed by atoms with van der Waals surface area (Å²) in [5.74, 6) is 0.293. The molecule has 0 aromatic carbocycles. The van der Waals surface area contributed by atoms with Gasteiger partial charge in [0.1, 0.15) is 6.33 Å². The van der Waals surface area contributed by atoms with Gasteiger partial charge in [-0.15, -0.1) is 0 Å². The third kappa shape index (κ3) is 2.05. The monoisotopic (exact) mass is 234 g/mol. The Morgan fingerprint density at radius 1 is 1.41 bits per heavy atom. The number of rotatable bonds is 2. The van der Waals surface area contributed by atoms with Gasteiger partial charge < -0.3 is 4.57 Å². The second kappa shape index (κ2) is 4.16. The molecule has 2 aromatic rings. The third-order valence-corrected chi connectivity index (χ3v) is 2.20. The summed E-state index contributed by atoms with van der Waals surface area (Å²) in [4.78, 5) is 30.8. The van der Waals surface area contributed by atoms with Crippen molar-refractivity contribution >= 4 is 12.2 Å². The number of hydrogen-bond donors (Lipinski definition) is 1. The zero-order valence-electron chi connectivity index (χ0n) is 9.28. The van der Waals surface area contributed by atoms with Gasteiger partial charge in [0, 0.05) is 26.5 Å². The first-order valence-electron chi connectivity index (χ1n) is 4.75. The highest BCUT2D eigenvalue weighted by Crippen LogP contribution is 1.97. The number of aromatic amines is 1. The quantitative estimate of drug-likeness (QED) is 0.670. The molecule has 0 aliphatic rings. The Bertz CT molecular complexity index is 664. The van der Waals surface area contributed by atoms with E-state index in [-0.39, 0.29) is 5.69 Å². The molecule has 0 radical (unpaired) electrons. The van der Waals surface area contributed by atoms with E-state index in [0.29, 0.717) is 11.5 Å². The molecule has 0 saturated carbocycles. The van der Waals surface area contributed by atoms with E-state index in [4.69, 9.17) is 0 Å². The standard InChI is InChI=1S/C9H10N6O2/c1-14-4-6(7(16)15(2)9(14)17)3-10-8-11-5-12-13-8/h3-5H,1-2H3,(H,11,12,13). The summed E-state index contributed by atoms with van der Waals surface area (Å²) >= 11 is 0. The molecule has 0 saturated heterocycles. The van der Waals surface area contributed by atoms with Crippen LogP contribution in [0.2, 0.25) is 0 Å². The van der Waals surface area contributed by atoms with E-state index in [1.54, 1.807) is 7.05 Å². The maximum Gasteiger partial charge on any atom is 0.330 e. The van der Waals surface area contributed by atoms with Gasteiger partial charge in [-0.1, -0.05) is 0 Å². The zero-order valence-corrected chi connectivity index (χ0v) is 9.28. The molecule has 2 rings (SSSR count). The number of nitrogens with zero attached hydrogens (tertiary/aromatic N) is 5. The second-order valence-corrected chi connectivity index (χ2v) is 3.41. The number of H-pyrrole nitrogens is 1. The first-order chi connectivity index (χ1) is 8.09. The Labute approximate surface area is 95.3 Å². The molecule has 0 aliphatic carbocycles. The van der Waals surface area contributed by atoms with E-state index < -0.39 is 5.56 Å². The second-order valence-electron chi connectivity index (χ2n) is 3.41. The summed E-state index contributed by atoms with van der Waals surface area (Å²) in [6.45, 7) is 0. The van der Waals surface area contributed by atoms with Gasteiger partial charge in [0.2, 0.25) is 5.95 Å². The van der Waals surface area contributed by atoms with Gasteiger partial charge in [0.05, 0.1) is 5.56 Å². The molecule has 0 amide bonds. The Hall–Kier alpha value is -2.51. The minimum Gasteiger partial charge on any atom is -0.303 e. The highest BCUT2D eigenvalue weighted by molar-refractivity contribution is 5.80. The van der Waals surface area contributed by atoms with Crippen molar-refractivity contribution in [3.8, 4) is 0 Å². The van der Waals surface area contributed by atoms with Crippen LogP contribution in [0.1, 0.15) is 5.56 Å². The van der Waals surface area contributed by atoms with Gasteiger partial charge in [0.25, 0.3) is 5.56 Å². The van der Waals surface area contributed by atoms with Crippen LogP contribution in [-0.2, 0) is 14.1 Å². The van der Waals surface area contributed by atoms with Crippen molar-refractivity contribution in [2.24, 2.45) is 19.1 Å². The summed E-state index contributed by atoms with van der Waals surface area (Å²) < 4.78 is 2.32. The smallest absolute Gasteiger partial charge is 0.303 e. The van der Waals surface area contributed by atoms with Crippen LogP contribution in [0.4, 0.5) is 5.95 Å². The normalized spacial score (nSPS) is 11.2. The van der Waals surface area contributed by atoms with Gasteiger partial charge in [-0.2, -0.15) is 10.1 Å². The summed E-state index contributed by atoms with van der Waals surface area (Å²) in [6, 6.07) is 0. The van der Waals surface area contributed by atoms with Gasteiger partial charge in [-0.05, 0) is 0 Å². The average Bonchev–Trinajstić information content (AvgIpc) is 2.82. The summed E-state index contributed by atoms with van der Waals surface area (Å²) in [6.07, 6.45) is 4.07. The van der Waals surface area contributed by atoms with Crippen LogP contribution in [0.3, 0.4) is 0 Å². The SMILES string of the molecule is Cn1cc(C=Nc2ncn[nH]2)c(=O)n(C)c1=O. The molecule has 0 bridgehead atoms. The highest BCUT2D eigenvalue weighted by atomic mass is 16.2. The minimum atomic E-state index is -0.406. The Balaban J connectivity index is 2.48. The first kappa shape index (κ1) is 11.0. The van der Waals surface area contributed by atoms with Gasteiger partial charge >= 0.3 is 5.69 Å². The zero-order chi connectivity index (χ0) is 12.4. The molecule has 0 unspecified atom stereocenters. The largest absolute Gasteiger partial charge is 0.330 e. The fourth-order valence-electron chi connectivity index (χ4n) is 1.32. The van der Waals surface area contributed by atoms with Crippen molar-refractivity contribution in [1.29, 1.82) is 0 Å². The Kier molecular flexibility index (Phi) is 2.69. The maximum atomic E-state index is 11.7. The number of aliphatic imine (C=N–C) groups is 1. The van der Waals surface area contributed by atoms with E-state index in [2.05, 4.69) is 20.2 Å². The summed E-state index contributed by atoms with van der Waals surface area (Å²) in [5.41, 5.74) is -0.491. The van der Waals surface area contributed by atoms with Crippen molar-refractivity contribution in [3.63, 3.8) is 0 Å². The fraction of sp³-hybridized carbons (Fsp3) is 0.222. The number of aryl methyl sites for hydroxylation is 1. The molecule has 0 atom stereocenters. The van der Waals surface area contributed by atoms with Crippen molar-refractivity contribution in [2.75, 3.05) is 0 Å². The van der Waals surface area contributed by atoms with Crippen LogP contribution in [0, 0.1) is 0 Å². The van der Waals surface area contributed by atoms with Crippen molar-refractivity contribution < 1.29 is 0 Å².